The van der Waals surface area contributed by atoms with Crippen LogP contribution in [0.1, 0.15) is 54.1 Å². The molecule has 0 spiro atoms. The number of carbonyl (C=O) groups is 1. The number of hydrogen-bond acceptors (Lipinski definition) is 7. The second-order valence-corrected chi connectivity index (χ2v) is 10.8. The van der Waals surface area contributed by atoms with Crippen LogP contribution in [-0.4, -0.2) is 46.6 Å². The topological polar surface area (TPSA) is 105 Å². The molecular weight excluding hydrogens is 428 g/mol. The quantitative estimate of drug-likeness (QED) is 0.588. The zero-order valence-corrected chi connectivity index (χ0v) is 19.8. The molecule has 170 valence electrons. The van der Waals surface area contributed by atoms with Crippen LogP contribution in [-0.2, 0) is 23.0 Å². The number of ketones is 1. The molecule has 1 aliphatic heterocycles. The van der Waals surface area contributed by atoms with Gasteiger partial charge in [0, 0.05) is 42.1 Å². The molecule has 4 rings (SSSR count). The Hall–Kier alpha value is -2.78. The predicted octanol–water partition coefficient (Wildman–Crippen LogP) is 3.06. The third-order valence-corrected chi connectivity index (χ3v) is 7.30. The summed E-state index contributed by atoms with van der Waals surface area (Å²) in [6.45, 7) is 8.53. The van der Waals surface area contributed by atoms with Gasteiger partial charge in [-0.15, -0.1) is 0 Å². The van der Waals surface area contributed by atoms with E-state index in [2.05, 4.69) is 39.3 Å². The number of benzene rings is 1. The number of aliphatic hydroxyl groups excluding tert-OH is 1. The van der Waals surface area contributed by atoms with Crippen LogP contribution in [0.15, 0.2) is 29.3 Å². The van der Waals surface area contributed by atoms with E-state index in [4.69, 9.17) is 0 Å². The predicted molar refractivity (Wildman–Crippen MR) is 123 cm³/mol. The van der Waals surface area contributed by atoms with Crippen LogP contribution in [0.25, 0.3) is 10.9 Å². The third kappa shape index (κ3) is 3.69. The first kappa shape index (κ1) is 22.4. The Bertz CT molecular complexity index is 1330. The van der Waals surface area contributed by atoms with E-state index in [0.717, 1.165) is 22.9 Å². The zero-order valence-electron chi connectivity index (χ0n) is 19.0. The summed E-state index contributed by atoms with van der Waals surface area (Å²) < 4.78 is 26.7. The highest BCUT2D eigenvalue weighted by Gasteiger charge is 2.33. The number of aromatic nitrogens is 3. The van der Waals surface area contributed by atoms with E-state index in [0.29, 0.717) is 35.9 Å². The Balaban J connectivity index is 1.86. The molecule has 0 unspecified atom stereocenters. The lowest BCUT2D eigenvalue weighted by Gasteiger charge is -2.39. The fraction of sp³-hybridized carbons (Fsp3) is 0.435. The van der Waals surface area contributed by atoms with Crippen LogP contribution in [0.5, 0.6) is 0 Å². The maximum atomic E-state index is 12.3. The summed E-state index contributed by atoms with van der Waals surface area (Å²) in [4.78, 5) is 23.2. The highest BCUT2D eigenvalue weighted by Crippen LogP contribution is 2.39. The standard InChI is InChI=1S/C23H28N4O4S/c1-13(2)22-20-9-16-8-17(12-28)21(32(5,30)31)10-19(16)26(20)6-7-27(22)23-24-11-18(15(4)29)14(3)25-23/h8-11,13,22,28H,6-7,12H2,1-5H3/t22-/m1/s1. The summed E-state index contributed by atoms with van der Waals surface area (Å²) in [7, 11) is -3.47. The number of nitrogens with zero attached hydrogens (tertiary/aromatic N) is 4. The minimum Gasteiger partial charge on any atom is -0.392 e. The van der Waals surface area contributed by atoms with Gasteiger partial charge in [-0.3, -0.25) is 4.79 Å². The van der Waals surface area contributed by atoms with Gasteiger partial charge in [-0.05, 0) is 43.5 Å². The second kappa shape index (κ2) is 7.97. The maximum absolute atomic E-state index is 12.3. The molecule has 32 heavy (non-hydrogen) atoms. The second-order valence-electron chi connectivity index (χ2n) is 8.78. The van der Waals surface area contributed by atoms with Gasteiger partial charge in [0.25, 0.3) is 0 Å². The molecule has 2 aromatic heterocycles. The van der Waals surface area contributed by atoms with Crippen LogP contribution < -0.4 is 4.90 Å². The highest BCUT2D eigenvalue weighted by molar-refractivity contribution is 7.90. The molecule has 1 atom stereocenters. The van der Waals surface area contributed by atoms with Gasteiger partial charge in [0.05, 0.1) is 28.8 Å². The lowest BCUT2D eigenvalue weighted by atomic mass is 9.97. The van der Waals surface area contributed by atoms with E-state index < -0.39 is 9.84 Å². The fourth-order valence-corrected chi connectivity index (χ4v) is 5.62. The van der Waals surface area contributed by atoms with Gasteiger partial charge in [-0.2, -0.15) is 0 Å². The van der Waals surface area contributed by atoms with Crippen LogP contribution in [0.2, 0.25) is 0 Å². The Morgan fingerprint density at radius 3 is 2.53 bits per heavy atom. The molecule has 0 aliphatic carbocycles. The van der Waals surface area contributed by atoms with Gasteiger partial charge in [0.2, 0.25) is 5.95 Å². The lowest BCUT2D eigenvalue weighted by molar-refractivity contribution is 0.101. The van der Waals surface area contributed by atoms with Gasteiger partial charge in [0.1, 0.15) is 0 Å². The Morgan fingerprint density at radius 2 is 1.97 bits per heavy atom. The van der Waals surface area contributed by atoms with Gasteiger partial charge in [0.15, 0.2) is 15.6 Å². The lowest BCUT2D eigenvalue weighted by Crippen LogP contribution is -2.41. The Kier molecular flexibility index (Phi) is 5.58. The van der Waals surface area contributed by atoms with Crippen molar-refractivity contribution in [1.82, 2.24) is 14.5 Å². The maximum Gasteiger partial charge on any atom is 0.226 e. The molecule has 3 heterocycles. The summed E-state index contributed by atoms with van der Waals surface area (Å²) in [5.41, 5.74) is 3.46. The normalized spacial score (nSPS) is 16.6. The first-order valence-electron chi connectivity index (χ1n) is 10.6. The molecular formula is C23H28N4O4S. The van der Waals surface area contributed by atoms with E-state index in [9.17, 15) is 18.3 Å². The number of hydrogen-bond donors (Lipinski definition) is 1. The van der Waals surface area contributed by atoms with Crippen molar-refractivity contribution in [3.63, 3.8) is 0 Å². The molecule has 0 amide bonds. The smallest absolute Gasteiger partial charge is 0.226 e. The van der Waals surface area contributed by atoms with Crippen molar-refractivity contribution in [1.29, 1.82) is 0 Å². The Labute approximate surface area is 187 Å². The van der Waals surface area contributed by atoms with Crippen molar-refractivity contribution in [2.75, 3.05) is 17.7 Å². The van der Waals surface area contributed by atoms with Crippen molar-refractivity contribution in [3.8, 4) is 0 Å². The summed E-state index contributed by atoms with van der Waals surface area (Å²) in [5, 5.41) is 10.6. The number of carbonyl (C=O) groups excluding carboxylic acids is 1. The fourth-order valence-electron chi connectivity index (χ4n) is 4.69. The summed E-state index contributed by atoms with van der Waals surface area (Å²) in [6.07, 6.45) is 2.75. The molecule has 9 heteroatoms. The van der Waals surface area contributed by atoms with Gasteiger partial charge < -0.3 is 14.6 Å². The third-order valence-electron chi connectivity index (χ3n) is 6.12. The van der Waals surface area contributed by atoms with E-state index in [-0.39, 0.29) is 29.2 Å². The number of fused-ring (bicyclic) bond motifs is 3. The highest BCUT2D eigenvalue weighted by atomic mass is 32.2. The van der Waals surface area contributed by atoms with Crippen molar-refractivity contribution < 1.29 is 18.3 Å². The van der Waals surface area contributed by atoms with E-state index in [1.165, 1.54) is 6.92 Å². The Morgan fingerprint density at radius 1 is 1.25 bits per heavy atom. The minimum absolute atomic E-state index is 0.0296. The molecule has 1 aromatic carbocycles. The van der Waals surface area contributed by atoms with Crippen LogP contribution in [0, 0.1) is 12.8 Å². The number of Topliss-reactive ketones (excluding diaryl/α,β-unsaturated/α-hetero) is 1. The number of aryl methyl sites for hydroxylation is 1. The van der Waals surface area contributed by atoms with Crippen molar-refractivity contribution in [2.24, 2.45) is 5.92 Å². The molecule has 0 fully saturated rings. The average Bonchev–Trinajstić information content (AvgIpc) is 3.08. The van der Waals surface area contributed by atoms with E-state index >= 15 is 0 Å². The zero-order chi connectivity index (χ0) is 23.4. The summed E-state index contributed by atoms with van der Waals surface area (Å²) in [5.74, 6) is 0.742. The molecule has 0 radical (unpaired) electrons. The molecule has 1 N–H and O–H groups in total. The molecule has 1 aliphatic rings. The number of anilines is 1. The SMILES string of the molecule is CC(=O)c1cnc(N2CCn3c(cc4cc(CO)c(S(C)(=O)=O)cc43)[C@H]2C(C)C)nc1C. The first-order valence-corrected chi connectivity index (χ1v) is 12.5. The number of sulfone groups is 1. The van der Waals surface area contributed by atoms with Crippen molar-refractivity contribution in [2.45, 2.75) is 51.8 Å². The number of aliphatic hydroxyl groups is 1. The number of rotatable bonds is 5. The van der Waals surface area contributed by atoms with Crippen LogP contribution in [0.3, 0.4) is 0 Å². The molecule has 0 bridgehead atoms. The molecule has 0 saturated heterocycles. The van der Waals surface area contributed by atoms with Crippen molar-refractivity contribution >= 4 is 32.5 Å². The average molecular weight is 457 g/mol. The van der Waals surface area contributed by atoms with E-state index in [1.807, 2.05) is 6.92 Å². The summed E-state index contributed by atoms with van der Waals surface area (Å²) in [6, 6.07) is 5.47. The first-order chi connectivity index (χ1) is 15.0. The van der Waals surface area contributed by atoms with Gasteiger partial charge in [-0.1, -0.05) is 13.8 Å². The largest absolute Gasteiger partial charge is 0.392 e. The molecule has 0 saturated carbocycles. The van der Waals surface area contributed by atoms with Gasteiger partial charge >= 0.3 is 0 Å². The molecule has 3 aromatic rings. The van der Waals surface area contributed by atoms with Gasteiger partial charge in [-0.25, -0.2) is 18.4 Å². The monoisotopic (exact) mass is 456 g/mol. The van der Waals surface area contributed by atoms with Crippen LogP contribution in [0.4, 0.5) is 5.95 Å². The van der Waals surface area contributed by atoms with E-state index in [1.54, 1.807) is 18.3 Å². The minimum atomic E-state index is -3.47. The molecule has 8 nitrogen and oxygen atoms in total. The van der Waals surface area contributed by atoms with Crippen LogP contribution >= 0.6 is 0 Å². The van der Waals surface area contributed by atoms with Crippen molar-refractivity contribution in [3.05, 3.63) is 46.9 Å². The summed E-state index contributed by atoms with van der Waals surface area (Å²) >= 11 is 0.